The molecule has 1 rings (SSSR count). The number of carbonyl (C=O) groups excluding carboxylic acids is 3. The number of hydrogen-bond donors (Lipinski definition) is 0. The molecule has 0 aromatic carbocycles. The molecule has 6 atom stereocenters. The van der Waals surface area contributed by atoms with Crippen LogP contribution in [0.1, 0.15) is 131 Å². The van der Waals surface area contributed by atoms with Gasteiger partial charge in [-0.25, -0.2) is 9.59 Å². The Bertz CT molecular complexity index is 734. The van der Waals surface area contributed by atoms with Crippen LogP contribution >= 0.6 is 0 Å². The van der Waals surface area contributed by atoms with E-state index in [1.54, 1.807) is 0 Å². The first-order valence-corrected chi connectivity index (χ1v) is 15.8. The van der Waals surface area contributed by atoms with Gasteiger partial charge in [-0.05, 0) is 55.8 Å². The van der Waals surface area contributed by atoms with Crippen LogP contribution in [0.4, 0.5) is 0 Å². The van der Waals surface area contributed by atoms with Crippen LogP contribution in [0.15, 0.2) is 12.7 Å². The third-order valence-electron chi connectivity index (χ3n) is 8.44. The van der Waals surface area contributed by atoms with Gasteiger partial charge in [0.15, 0.2) is 0 Å². The molecule has 0 radical (unpaired) electrons. The highest BCUT2D eigenvalue weighted by Crippen LogP contribution is 2.38. The fraction of sp³-hybridized carbons (Fsp3) is 0.848. The van der Waals surface area contributed by atoms with E-state index in [2.05, 4.69) is 48.1 Å². The Labute approximate surface area is 239 Å². The van der Waals surface area contributed by atoms with Crippen LogP contribution in [0.3, 0.4) is 0 Å². The van der Waals surface area contributed by atoms with E-state index in [4.69, 9.17) is 14.2 Å². The Balaban J connectivity index is 2.78. The van der Waals surface area contributed by atoms with Gasteiger partial charge in [-0.15, -0.1) is 0 Å². The maximum Gasteiger partial charge on any atom is 0.350 e. The maximum atomic E-state index is 13.4. The van der Waals surface area contributed by atoms with Crippen molar-refractivity contribution in [1.29, 1.82) is 0 Å². The first-order chi connectivity index (χ1) is 18.6. The smallest absolute Gasteiger partial charge is 0.350 e. The summed E-state index contributed by atoms with van der Waals surface area (Å²) in [6, 6.07) is 0. The minimum absolute atomic E-state index is 0.0924. The van der Waals surface area contributed by atoms with E-state index in [0.717, 1.165) is 31.8 Å². The lowest BCUT2D eigenvalue weighted by Gasteiger charge is -2.37. The molecule has 6 heteroatoms. The molecule has 1 aliphatic carbocycles. The fourth-order valence-electron chi connectivity index (χ4n) is 5.92. The van der Waals surface area contributed by atoms with E-state index in [1.165, 1.54) is 38.5 Å². The normalized spacial score (nSPS) is 22.3. The van der Waals surface area contributed by atoms with Crippen molar-refractivity contribution >= 4 is 17.9 Å². The first kappa shape index (κ1) is 35.2. The monoisotopic (exact) mass is 550 g/mol. The van der Waals surface area contributed by atoms with Crippen LogP contribution in [-0.4, -0.2) is 36.7 Å². The van der Waals surface area contributed by atoms with Crippen LogP contribution in [0.2, 0.25) is 0 Å². The average Bonchev–Trinajstić information content (AvgIpc) is 2.94. The van der Waals surface area contributed by atoms with Crippen LogP contribution in [0.25, 0.3) is 0 Å². The highest BCUT2D eigenvalue weighted by atomic mass is 16.6. The molecule has 1 saturated carbocycles. The fourth-order valence-corrected chi connectivity index (χ4v) is 5.92. The molecule has 0 aromatic rings. The Morgan fingerprint density at radius 1 is 0.897 bits per heavy atom. The van der Waals surface area contributed by atoms with Gasteiger partial charge < -0.3 is 14.2 Å². The molecule has 0 aromatic heterocycles. The standard InChI is InChI=1S/C33H58O6/c1-8-13-16-27(10-3)20-25(6)23-37-31(35)29-18-15-19-33(22-29,39-30(34)12-5)32(36)38-24-26(7)21-28(11-4)17-14-9-2/h12,25-29H,5,8-11,13-24H2,1-4,6-7H3. The van der Waals surface area contributed by atoms with Crippen molar-refractivity contribution in [3.8, 4) is 0 Å². The zero-order valence-corrected chi connectivity index (χ0v) is 25.9. The molecule has 0 aliphatic heterocycles. The summed E-state index contributed by atoms with van der Waals surface area (Å²) in [5, 5.41) is 0. The highest BCUT2D eigenvalue weighted by Gasteiger charge is 2.49. The summed E-state index contributed by atoms with van der Waals surface area (Å²) in [4.78, 5) is 38.7. The molecule has 1 aliphatic rings. The SMILES string of the molecule is C=CC(=O)OC1(C(=O)OCC(C)CC(CC)CCCC)CCCC(C(=O)OCC(C)CC(CC)CCCC)C1. The van der Waals surface area contributed by atoms with Crippen molar-refractivity contribution in [3.63, 3.8) is 0 Å². The van der Waals surface area contributed by atoms with E-state index in [1.807, 2.05) is 0 Å². The molecule has 0 N–H and O–H groups in total. The second-order valence-electron chi connectivity index (χ2n) is 12.2. The van der Waals surface area contributed by atoms with Crippen molar-refractivity contribution in [2.75, 3.05) is 13.2 Å². The van der Waals surface area contributed by atoms with E-state index in [-0.39, 0.29) is 30.8 Å². The topological polar surface area (TPSA) is 78.9 Å². The van der Waals surface area contributed by atoms with Crippen LogP contribution < -0.4 is 0 Å². The lowest BCUT2D eigenvalue weighted by Crippen LogP contribution is -2.49. The molecular formula is C33H58O6. The summed E-state index contributed by atoms with van der Waals surface area (Å²) in [5.74, 6) is -0.308. The molecule has 226 valence electrons. The number of ether oxygens (including phenoxy) is 3. The van der Waals surface area contributed by atoms with Gasteiger partial charge in [-0.3, -0.25) is 4.79 Å². The third kappa shape index (κ3) is 12.9. The highest BCUT2D eigenvalue weighted by molar-refractivity contribution is 5.88. The number of esters is 3. The average molecular weight is 551 g/mol. The quantitative estimate of drug-likeness (QED) is 0.0863. The largest absolute Gasteiger partial charge is 0.465 e. The van der Waals surface area contributed by atoms with Crippen molar-refractivity contribution in [1.82, 2.24) is 0 Å². The Morgan fingerprint density at radius 3 is 1.92 bits per heavy atom. The van der Waals surface area contributed by atoms with Crippen molar-refractivity contribution < 1.29 is 28.6 Å². The van der Waals surface area contributed by atoms with Crippen LogP contribution in [-0.2, 0) is 28.6 Å². The lowest BCUT2D eigenvalue weighted by molar-refractivity contribution is -0.189. The van der Waals surface area contributed by atoms with E-state index >= 15 is 0 Å². The maximum absolute atomic E-state index is 13.4. The summed E-state index contributed by atoms with van der Waals surface area (Å²) in [6.45, 7) is 17.2. The zero-order chi connectivity index (χ0) is 29.3. The molecular weight excluding hydrogens is 492 g/mol. The molecule has 39 heavy (non-hydrogen) atoms. The number of unbranched alkanes of at least 4 members (excludes halogenated alkanes) is 2. The molecule has 0 bridgehead atoms. The summed E-state index contributed by atoms with van der Waals surface area (Å²) in [5.41, 5.74) is -1.47. The van der Waals surface area contributed by atoms with Crippen LogP contribution in [0, 0.1) is 29.6 Å². The second kappa shape index (κ2) is 19.3. The van der Waals surface area contributed by atoms with Gasteiger partial charge in [0.25, 0.3) is 0 Å². The molecule has 1 fully saturated rings. The Kier molecular flexibility index (Phi) is 17.4. The van der Waals surface area contributed by atoms with E-state index < -0.39 is 23.5 Å². The minimum Gasteiger partial charge on any atom is -0.465 e. The van der Waals surface area contributed by atoms with Crippen molar-refractivity contribution in [3.05, 3.63) is 12.7 Å². The molecule has 6 unspecified atom stereocenters. The third-order valence-corrected chi connectivity index (χ3v) is 8.44. The molecule has 0 heterocycles. The predicted octanol–water partition coefficient (Wildman–Crippen LogP) is 8.22. The second-order valence-corrected chi connectivity index (χ2v) is 12.2. The van der Waals surface area contributed by atoms with E-state index in [9.17, 15) is 14.4 Å². The summed E-state index contributed by atoms with van der Waals surface area (Å²) < 4.78 is 17.1. The number of carbonyl (C=O) groups is 3. The minimum atomic E-state index is -1.47. The van der Waals surface area contributed by atoms with E-state index in [0.29, 0.717) is 37.7 Å². The molecule has 6 nitrogen and oxygen atoms in total. The predicted molar refractivity (Wildman–Crippen MR) is 157 cm³/mol. The number of hydrogen-bond acceptors (Lipinski definition) is 6. The van der Waals surface area contributed by atoms with Gasteiger partial charge in [0.05, 0.1) is 19.1 Å². The van der Waals surface area contributed by atoms with Crippen molar-refractivity contribution in [2.45, 2.75) is 137 Å². The zero-order valence-electron chi connectivity index (χ0n) is 25.9. The van der Waals surface area contributed by atoms with Crippen LogP contribution in [0.5, 0.6) is 0 Å². The molecule has 0 spiro atoms. The summed E-state index contributed by atoms with van der Waals surface area (Å²) in [7, 11) is 0. The molecule has 0 saturated heterocycles. The Morgan fingerprint density at radius 2 is 1.44 bits per heavy atom. The van der Waals surface area contributed by atoms with Gasteiger partial charge in [0.1, 0.15) is 0 Å². The van der Waals surface area contributed by atoms with Gasteiger partial charge in [-0.2, -0.15) is 0 Å². The lowest BCUT2D eigenvalue weighted by atomic mass is 9.77. The van der Waals surface area contributed by atoms with Crippen molar-refractivity contribution in [2.24, 2.45) is 29.6 Å². The number of rotatable bonds is 20. The Hall–Kier alpha value is -1.85. The van der Waals surface area contributed by atoms with Gasteiger partial charge in [0, 0.05) is 12.5 Å². The van der Waals surface area contributed by atoms with Gasteiger partial charge in [-0.1, -0.05) is 99.5 Å². The van der Waals surface area contributed by atoms with Gasteiger partial charge in [0.2, 0.25) is 5.60 Å². The summed E-state index contributed by atoms with van der Waals surface area (Å²) in [6.07, 6.45) is 14.2. The first-order valence-electron chi connectivity index (χ1n) is 15.8. The van der Waals surface area contributed by atoms with Gasteiger partial charge >= 0.3 is 17.9 Å². The molecule has 0 amide bonds. The summed E-state index contributed by atoms with van der Waals surface area (Å²) >= 11 is 0.